The molecule has 35 heavy (non-hydrogen) atoms. The minimum atomic E-state index is 0.234. The molecule has 0 radical (unpaired) electrons. The molecule has 4 aromatic rings. The van der Waals surface area contributed by atoms with E-state index in [-0.39, 0.29) is 5.95 Å². The number of morpholine rings is 1. The van der Waals surface area contributed by atoms with Crippen molar-refractivity contribution in [3.8, 4) is 22.5 Å². The van der Waals surface area contributed by atoms with Gasteiger partial charge in [-0.2, -0.15) is 0 Å². The van der Waals surface area contributed by atoms with Crippen LogP contribution in [0.5, 0.6) is 0 Å². The van der Waals surface area contributed by atoms with E-state index in [2.05, 4.69) is 62.0 Å². The minimum Gasteiger partial charge on any atom is -0.378 e. The highest BCUT2D eigenvalue weighted by Crippen LogP contribution is 2.27. The molecule has 178 valence electrons. The van der Waals surface area contributed by atoms with Gasteiger partial charge in [0.05, 0.1) is 36.5 Å². The highest BCUT2D eigenvalue weighted by Gasteiger charge is 2.18. The van der Waals surface area contributed by atoms with Crippen molar-refractivity contribution in [1.82, 2.24) is 24.9 Å². The Bertz CT molecular complexity index is 1260. The summed E-state index contributed by atoms with van der Waals surface area (Å²) in [4.78, 5) is 26.8. The van der Waals surface area contributed by atoms with Gasteiger partial charge in [0.15, 0.2) is 0 Å². The molecule has 3 aromatic heterocycles. The van der Waals surface area contributed by atoms with Gasteiger partial charge in [0.25, 0.3) is 0 Å². The third kappa shape index (κ3) is 5.36. The second kappa shape index (κ2) is 10.4. The Morgan fingerprint density at radius 2 is 1.71 bits per heavy atom. The number of aromatic nitrogens is 5. The van der Waals surface area contributed by atoms with Crippen molar-refractivity contribution >= 4 is 17.6 Å². The summed E-state index contributed by atoms with van der Waals surface area (Å²) in [6.45, 7) is 6.61. The number of pyridine rings is 1. The van der Waals surface area contributed by atoms with E-state index in [1.54, 1.807) is 18.6 Å². The summed E-state index contributed by atoms with van der Waals surface area (Å²) in [5.74, 6) is 0.909. The Labute approximate surface area is 204 Å². The zero-order valence-corrected chi connectivity index (χ0v) is 19.7. The van der Waals surface area contributed by atoms with Crippen LogP contribution in [0.1, 0.15) is 12.5 Å². The zero-order valence-electron chi connectivity index (χ0n) is 19.7. The zero-order chi connectivity index (χ0) is 24.0. The molecule has 0 atom stereocenters. The van der Waals surface area contributed by atoms with Crippen LogP contribution in [0.4, 0.5) is 17.6 Å². The van der Waals surface area contributed by atoms with Crippen LogP contribution in [-0.4, -0.2) is 57.8 Å². The highest BCUT2D eigenvalue weighted by atomic mass is 16.5. The van der Waals surface area contributed by atoms with E-state index in [0.29, 0.717) is 19.2 Å². The van der Waals surface area contributed by atoms with Crippen LogP contribution in [0, 0.1) is 0 Å². The van der Waals surface area contributed by atoms with E-state index in [1.165, 1.54) is 5.56 Å². The maximum atomic E-state index is 5.70. The van der Waals surface area contributed by atoms with Crippen molar-refractivity contribution in [1.29, 1.82) is 0 Å². The lowest BCUT2D eigenvalue weighted by Gasteiger charge is -2.27. The fourth-order valence-electron chi connectivity index (χ4n) is 4.08. The molecule has 0 spiro atoms. The summed E-state index contributed by atoms with van der Waals surface area (Å²) in [5.41, 5.74) is 11.4. The average Bonchev–Trinajstić information content (AvgIpc) is 2.93. The number of nitrogen functional groups attached to an aromatic ring is 1. The van der Waals surface area contributed by atoms with Crippen LogP contribution in [-0.2, 0) is 11.3 Å². The molecule has 1 aliphatic heterocycles. The van der Waals surface area contributed by atoms with Gasteiger partial charge in [0, 0.05) is 55.9 Å². The summed E-state index contributed by atoms with van der Waals surface area (Å²) in [5, 5.41) is 0. The first-order valence-corrected chi connectivity index (χ1v) is 11.7. The Kier molecular flexibility index (Phi) is 6.76. The fraction of sp³-hybridized carbons (Fsp3) is 0.269. The predicted octanol–water partition coefficient (Wildman–Crippen LogP) is 3.44. The molecule has 1 aromatic carbocycles. The Hall–Kier alpha value is -4.11. The topological polar surface area (TPSA) is 106 Å². The quantitative estimate of drug-likeness (QED) is 0.436. The molecule has 1 saturated heterocycles. The molecule has 4 heterocycles. The Morgan fingerprint density at radius 1 is 0.943 bits per heavy atom. The molecule has 0 amide bonds. The summed E-state index contributed by atoms with van der Waals surface area (Å²) in [6.07, 6.45) is 7.08. The van der Waals surface area contributed by atoms with Gasteiger partial charge in [-0.15, -0.1) is 0 Å². The van der Waals surface area contributed by atoms with Crippen molar-refractivity contribution in [3.63, 3.8) is 0 Å². The number of benzene rings is 1. The smallest absolute Gasteiger partial charge is 0.226 e. The van der Waals surface area contributed by atoms with E-state index >= 15 is 0 Å². The lowest BCUT2D eigenvalue weighted by atomic mass is 10.1. The first-order chi connectivity index (χ1) is 17.2. The van der Waals surface area contributed by atoms with E-state index in [1.807, 2.05) is 18.3 Å². The van der Waals surface area contributed by atoms with Gasteiger partial charge in [-0.05, 0) is 36.8 Å². The summed E-state index contributed by atoms with van der Waals surface area (Å²) < 4.78 is 5.52. The minimum absolute atomic E-state index is 0.234. The van der Waals surface area contributed by atoms with Gasteiger partial charge >= 0.3 is 0 Å². The van der Waals surface area contributed by atoms with Crippen LogP contribution >= 0.6 is 0 Å². The van der Waals surface area contributed by atoms with E-state index in [4.69, 9.17) is 20.4 Å². The molecule has 0 unspecified atom stereocenters. The van der Waals surface area contributed by atoms with E-state index in [9.17, 15) is 0 Å². The number of rotatable bonds is 7. The summed E-state index contributed by atoms with van der Waals surface area (Å²) in [7, 11) is 0. The molecule has 1 aliphatic rings. The molecule has 5 rings (SSSR count). The highest BCUT2D eigenvalue weighted by molar-refractivity contribution is 5.69. The fourth-order valence-corrected chi connectivity index (χ4v) is 4.08. The van der Waals surface area contributed by atoms with Gasteiger partial charge in [0.1, 0.15) is 0 Å². The van der Waals surface area contributed by atoms with Gasteiger partial charge in [-0.25, -0.2) is 19.9 Å². The average molecular weight is 469 g/mol. The molecule has 0 bridgehead atoms. The number of hydrogen-bond acceptors (Lipinski definition) is 9. The SMILES string of the molecule is CCN(Cc1cccc(-c2cc(-c3cnc(N)nc3)nc(N3CCOCC3)n2)c1)c1cccnc1. The van der Waals surface area contributed by atoms with Crippen molar-refractivity contribution in [2.45, 2.75) is 13.5 Å². The molecule has 9 nitrogen and oxygen atoms in total. The maximum absolute atomic E-state index is 5.70. The Morgan fingerprint density at radius 3 is 2.43 bits per heavy atom. The number of ether oxygens (including phenoxy) is 1. The van der Waals surface area contributed by atoms with Crippen LogP contribution in [0.25, 0.3) is 22.5 Å². The molecule has 0 saturated carbocycles. The molecular weight excluding hydrogens is 440 g/mol. The maximum Gasteiger partial charge on any atom is 0.226 e. The summed E-state index contributed by atoms with van der Waals surface area (Å²) >= 11 is 0. The van der Waals surface area contributed by atoms with Crippen LogP contribution in [0.15, 0.2) is 67.3 Å². The number of hydrogen-bond donors (Lipinski definition) is 1. The number of nitrogens with zero attached hydrogens (tertiary/aromatic N) is 7. The molecule has 2 N–H and O–H groups in total. The third-order valence-electron chi connectivity index (χ3n) is 5.96. The monoisotopic (exact) mass is 468 g/mol. The van der Waals surface area contributed by atoms with Gasteiger partial charge in [-0.3, -0.25) is 4.98 Å². The second-order valence-electron chi connectivity index (χ2n) is 8.29. The summed E-state index contributed by atoms with van der Waals surface area (Å²) in [6, 6.07) is 14.5. The number of anilines is 3. The molecular formula is C26H28N8O. The first-order valence-electron chi connectivity index (χ1n) is 11.7. The molecule has 1 fully saturated rings. The van der Waals surface area contributed by atoms with Crippen molar-refractivity contribution in [2.75, 3.05) is 48.4 Å². The third-order valence-corrected chi connectivity index (χ3v) is 5.96. The van der Waals surface area contributed by atoms with E-state index < -0.39 is 0 Å². The Balaban J connectivity index is 1.50. The predicted molar refractivity (Wildman–Crippen MR) is 137 cm³/mol. The van der Waals surface area contributed by atoms with Gasteiger partial charge < -0.3 is 20.3 Å². The molecule has 0 aliphatic carbocycles. The van der Waals surface area contributed by atoms with Crippen molar-refractivity contribution in [3.05, 3.63) is 72.8 Å². The van der Waals surface area contributed by atoms with Gasteiger partial charge in [0.2, 0.25) is 11.9 Å². The lowest BCUT2D eigenvalue weighted by Crippen LogP contribution is -2.37. The largest absolute Gasteiger partial charge is 0.378 e. The van der Waals surface area contributed by atoms with Crippen LogP contribution in [0.3, 0.4) is 0 Å². The number of nitrogens with two attached hydrogens (primary N) is 1. The van der Waals surface area contributed by atoms with Crippen LogP contribution < -0.4 is 15.5 Å². The molecule has 9 heteroatoms. The second-order valence-corrected chi connectivity index (χ2v) is 8.29. The van der Waals surface area contributed by atoms with Gasteiger partial charge in [-0.1, -0.05) is 18.2 Å². The van der Waals surface area contributed by atoms with Crippen molar-refractivity contribution < 1.29 is 4.74 Å². The first kappa shape index (κ1) is 22.7. The van der Waals surface area contributed by atoms with Crippen LogP contribution in [0.2, 0.25) is 0 Å². The normalized spacial score (nSPS) is 13.6. The standard InChI is InChI=1S/C26H28N8O/c1-2-33(22-7-4-8-28-17-22)18-19-5-3-6-20(13-19)23-14-24(21-15-29-25(27)30-16-21)32-26(31-23)34-9-11-35-12-10-34/h3-8,13-17H,2,9-12,18H2,1H3,(H2,27,29,30). The lowest BCUT2D eigenvalue weighted by molar-refractivity contribution is 0.122. The van der Waals surface area contributed by atoms with Crippen molar-refractivity contribution in [2.24, 2.45) is 0 Å². The van der Waals surface area contributed by atoms with E-state index in [0.717, 1.165) is 54.4 Å².